The highest BCUT2D eigenvalue weighted by atomic mass is 16.5. The number of aryl methyl sites for hydroxylation is 1. The summed E-state index contributed by atoms with van der Waals surface area (Å²) in [4.78, 5) is 11.7. The predicted molar refractivity (Wildman–Crippen MR) is 126 cm³/mol. The lowest BCUT2D eigenvalue weighted by Gasteiger charge is -2.18. The van der Waals surface area contributed by atoms with E-state index >= 15 is 0 Å². The lowest BCUT2D eigenvalue weighted by atomic mass is 9.93. The van der Waals surface area contributed by atoms with E-state index in [-0.39, 0.29) is 18.0 Å². The van der Waals surface area contributed by atoms with Crippen molar-refractivity contribution in [2.24, 2.45) is 0 Å². The van der Waals surface area contributed by atoms with Gasteiger partial charge in [0.15, 0.2) is 0 Å². The molecule has 4 heteroatoms. The summed E-state index contributed by atoms with van der Waals surface area (Å²) in [6, 6.07) is 22.9. The summed E-state index contributed by atoms with van der Waals surface area (Å²) < 4.78 is 16.5. The Bertz CT molecular complexity index is 1070. The molecule has 1 unspecified atom stereocenters. The Morgan fingerprint density at radius 3 is 2.47 bits per heavy atom. The third-order valence-electron chi connectivity index (χ3n) is 6.33. The number of hydrogen-bond donors (Lipinski definition) is 0. The first-order chi connectivity index (χ1) is 15.6. The van der Waals surface area contributed by atoms with E-state index in [0.717, 1.165) is 41.9 Å². The van der Waals surface area contributed by atoms with Gasteiger partial charge in [-0.3, -0.25) is 4.79 Å². The number of carbonyl (C=O) groups excluding carboxylic acids is 1. The molecule has 0 spiro atoms. The van der Waals surface area contributed by atoms with Crippen LogP contribution in [-0.2, 0) is 16.0 Å². The van der Waals surface area contributed by atoms with Crippen molar-refractivity contribution in [1.29, 1.82) is 0 Å². The zero-order chi connectivity index (χ0) is 22.5. The summed E-state index contributed by atoms with van der Waals surface area (Å²) in [5.74, 6) is 1.72. The highest BCUT2D eigenvalue weighted by Crippen LogP contribution is 2.38. The molecule has 0 saturated carbocycles. The number of methoxy groups -OCH3 is 2. The molecule has 2 atom stereocenters. The van der Waals surface area contributed by atoms with E-state index in [1.54, 1.807) is 7.11 Å². The molecule has 3 aromatic carbocycles. The summed E-state index contributed by atoms with van der Waals surface area (Å²) in [6.07, 6.45) is 3.33. The lowest BCUT2D eigenvalue weighted by molar-refractivity contribution is -0.141. The van der Waals surface area contributed by atoms with Crippen LogP contribution in [0, 0.1) is 0 Å². The van der Waals surface area contributed by atoms with Gasteiger partial charge in [-0.2, -0.15) is 0 Å². The van der Waals surface area contributed by atoms with Gasteiger partial charge in [0.25, 0.3) is 0 Å². The van der Waals surface area contributed by atoms with Gasteiger partial charge in [-0.05, 0) is 77.3 Å². The van der Waals surface area contributed by atoms with Gasteiger partial charge in [-0.1, -0.05) is 49.4 Å². The minimum atomic E-state index is -0.173. The van der Waals surface area contributed by atoms with Crippen LogP contribution in [0.3, 0.4) is 0 Å². The summed E-state index contributed by atoms with van der Waals surface area (Å²) >= 11 is 0. The number of carbonyl (C=O) groups is 1. The van der Waals surface area contributed by atoms with E-state index in [9.17, 15) is 4.79 Å². The molecule has 0 aliphatic heterocycles. The quantitative estimate of drug-likeness (QED) is 0.383. The molecule has 0 fully saturated rings. The maximum Gasteiger partial charge on any atom is 0.306 e. The molecular weight excluding hydrogens is 400 g/mol. The van der Waals surface area contributed by atoms with E-state index < -0.39 is 0 Å². The number of hydrogen-bond acceptors (Lipinski definition) is 4. The van der Waals surface area contributed by atoms with Gasteiger partial charge in [0.05, 0.1) is 20.6 Å². The van der Waals surface area contributed by atoms with Crippen LogP contribution in [0.5, 0.6) is 11.5 Å². The minimum absolute atomic E-state index is 0.0623. The van der Waals surface area contributed by atoms with E-state index in [1.165, 1.54) is 23.8 Å². The summed E-state index contributed by atoms with van der Waals surface area (Å²) in [5, 5.41) is 0. The van der Waals surface area contributed by atoms with E-state index in [4.69, 9.17) is 14.2 Å². The molecule has 4 rings (SSSR count). The first kappa shape index (κ1) is 21.9. The maximum absolute atomic E-state index is 11.7. The number of ether oxygens (including phenoxy) is 3. The van der Waals surface area contributed by atoms with Crippen molar-refractivity contribution < 1.29 is 19.0 Å². The number of esters is 1. The molecule has 0 saturated heterocycles. The van der Waals surface area contributed by atoms with Gasteiger partial charge >= 0.3 is 5.97 Å². The second-order valence-corrected chi connectivity index (χ2v) is 8.25. The van der Waals surface area contributed by atoms with Crippen molar-refractivity contribution in [2.45, 2.75) is 44.6 Å². The standard InChI is InChI=1S/C28H30O4/c1-4-19(18-28(29)31-3)20-8-12-24(13-9-20)32-27-15-11-23-16-22(10-14-26(23)27)21-6-5-7-25(17-21)30-2/h5-10,12-14,16-17,19,27H,4,11,15,18H2,1-3H3/t19-,27?/m1/s1. The van der Waals surface area contributed by atoms with Crippen LogP contribution < -0.4 is 9.47 Å². The first-order valence-electron chi connectivity index (χ1n) is 11.2. The smallest absolute Gasteiger partial charge is 0.306 e. The molecular formula is C28H30O4. The fourth-order valence-electron chi connectivity index (χ4n) is 4.45. The Hall–Kier alpha value is -3.27. The SMILES string of the molecule is CC[C@H](CC(=O)OC)c1ccc(OC2CCc3cc(-c4cccc(OC)c4)ccc32)cc1. The van der Waals surface area contributed by atoms with Crippen LogP contribution in [0.4, 0.5) is 0 Å². The van der Waals surface area contributed by atoms with Crippen LogP contribution in [0.15, 0.2) is 66.7 Å². The van der Waals surface area contributed by atoms with Crippen LogP contribution in [0.25, 0.3) is 11.1 Å². The fourth-order valence-corrected chi connectivity index (χ4v) is 4.45. The number of rotatable bonds is 8. The molecule has 0 heterocycles. The van der Waals surface area contributed by atoms with E-state index in [2.05, 4.69) is 49.4 Å². The predicted octanol–water partition coefficient (Wildman–Crippen LogP) is 6.49. The molecule has 3 aromatic rings. The molecule has 0 amide bonds. The van der Waals surface area contributed by atoms with Gasteiger partial charge in [-0.25, -0.2) is 0 Å². The van der Waals surface area contributed by atoms with Crippen LogP contribution in [0.1, 0.15) is 54.9 Å². The Balaban J connectivity index is 1.46. The Kier molecular flexibility index (Phi) is 6.79. The molecule has 1 aliphatic carbocycles. The van der Waals surface area contributed by atoms with Crippen LogP contribution >= 0.6 is 0 Å². The summed E-state index contributed by atoms with van der Waals surface area (Å²) in [5.41, 5.74) is 6.10. The lowest BCUT2D eigenvalue weighted by Crippen LogP contribution is -2.08. The van der Waals surface area contributed by atoms with Crippen molar-refractivity contribution in [3.05, 3.63) is 83.4 Å². The average molecular weight is 431 g/mol. The Labute approximate surface area is 190 Å². The van der Waals surface area contributed by atoms with Crippen LogP contribution in [-0.4, -0.2) is 20.2 Å². The van der Waals surface area contributed by atoms with Gasteiger partial charge in [-0.15, -0.1) is 0 Å². The molecule has 1 aliphatic rings. The molecule has 0 bridgehead atoms. The molecule has 166 valence electrons. The van der Waals surface area contributed by atoms with Crippen molar-refractivity contribution in [3.8, 4) is 22.6 Å². The fraction of sp³-hybridized carbons (Fsp3) is 0.321. The van der Waals surface area contributed by atoms with Crippen molar-refractivity contribution in [2.75, 3.05) is 14.2 Å². The molecule has 0 N–H and O–H groups in total. The van der Waals surface area contributed by atoms with E-state index in [1.807, 2.05) is 24.3 Å². The average Bonchev–Trinajstić information content (AvgIpc) is 3.24. The summed E-state index contributed by atoms with van der Waals surface area (Å²) in [6.45, 7) is 2.09. The first-order valence-corrected chi connectivity index (χ1v) is 11.2. The monoisotopic (exact) mass is 430 g/mol. The zero-order valence-electron chi connectivity index (χ0n) is 19.0. The highest BCUT2D eigenvalue weighted by molar-refractivity contribution is 5.70. The zero-order valence-corrected chi connectivity index (χ0v) is 19.0. The van der Waals surface area contributed by atoms with Crippen LogP contribution in [0.2, 0.25) is 0 Å². The maximum atomic E-state index is 11.7. The van der Waals surface area contributed by atoms with Gasteiger partial charge in [0, 0.05) is 0 Å². The minimum Gasteiger partial charge on any atom is -0.497 e. The second-order valence-electron chi connectivity index (χ2n) is 8.25. The molecule has 32 heavy (non-hydrogen) atoms. The highest BCUT2D eigenvalue weighted by Gasteiger charge is 2.25. The third kappa shape index (κ3) is 4.80. The van der Waals surface area contributed by atoms with Crippen molar-refractivity contribution in [1.82, 2.24) is 0 Å². The third-order valence-corrected chi connectivity index (χ3v) is 6.33. The molecule has 0 radical (unpaired) electrons. The molecule has 4 nitrogen and oxygen atoms in total. The summed E-state index contributed by atoms with van der Waals surface area (Å²) in [7, 11) is 3.13. The van der Waals surface area contributed by atoms with Crippen molar-refractivity contribution in [3.63, 3.8) is 0 Å². The van der Waals surface area contributed by atoms with E-state index in [0.29, 0.717) is 6.42 Å². The molecule has 0 aromatic heterocycles. The largest absolute Gasteiger partial charge is 0.497 e. The second kappa shape index (κ2) is 9.90. The van der Waals surface area contributed by atoms with Crippen molar-refractivity contribution >= 4 is 5.97 Å². The van der Waals surface area contributed by atoms with Gasteiger partial charge in [0.1, 0.15) is 17.6 Å². The Morgan fingerprint density at radius 2 is 1.75 bits per heavy atom. The number of fused-ring (bicyclic) bond motifs is 1. The topological polar surface area (TPSA) is 44.8 Å². The van der Waals surface area contributed by atoms with Gasteiger partial charge < -0.3 is 14.2 Å². The Morgan fingerprint density at radius 1 is 0.969 bits per heavy atom. The number of benzene rings is 3. The van der Waals surface area contributed by atoms with Gasteiger partial charge in [0.2, 0.25) is 0 Å². The normalized spacial score (nSPS) is 15.7.